The van der Waals surface area contributed by atoms with Gasteiger partial charge in [-0.3, -0.25) is 0 Å². The molecule has 0 amide bonds. The number of hydrogen-bond acceptors (Lipinski definition) is 6. The van der Waals surface area contributed by atoms with Crippen molar-refractivity contribution in [2.75, 3.05) is 18.4 Å². The van der Waals surface area contributed by atoms with Crippen LogP contribution in [0, 0.1) is 24.7 Å². The second-order valence-electron chi connectivity index (χ2n) is 8.25. The quantitative estimate of drug-likeness (QED) is 0.287. The minimum Gasteiger partial charge on any atom is -0.454 e. The van der Waals surface area contributed by atoms with E-state index >= 15 is 0 Å². The van der Waals surface area contributed by atoms with Gasteiger partial charge in [0.1, 0.15) is 17.9 Å². The highest BCUT2D eigenvalue weighted by molar-refractivity contribution is 6.30. The van der Waals surface area contributed by atoms with Crippen molar-refractivity contribution in [3.05, 3.63) is 77.3 Å². The Kier molecular flexibility index (Phi) is 6.57. The maximum absolute atomic E-state index is 6.12. The van der Waals surface area contributed by atoms with E-state index in [2.05, 4.69) is 43.5 Å². The molecule has 1 aliphatic rings. The number of halogens is 1. The third kappa shape index (κ3) is 5.12. The molecule has 3 heterocycles. The van der Waals surface area contributed by atoms with Crippen molar-refractivity contribution in [2.24, 2.45) is 5.92 Å². The lowest BCUT2D eigenvalue weighted by molar-refractivity contribution is 0.447. The highest BCUT2D eigenvalue weighted by atomic mass is 35.5. The summed E-state index contributed by atoms with van der Waals surface area (Å²) in [6.07, 6.45) is 5.40. The molecule has 170 valence electrons. The molecular weight excluding hydrogens is 446 g/mol. The van der Waals surface area contributed by atoms with Crippen molar-refractivity contribution in [1.82, 2.24) is 20.3 Å². The van der Waals surface area contributed by atoms with Crippen LogP contribution in [0.5, 0.6) is 11.5 Å². The van der Waals surface area contributed by atoms with E-state index in [1.165, 1.54) is 0 Å². The molecule has 2 aromatic heterocycles. The van der Waals surface area contributed by atoms with Gasteiger partial charge in [0.2, 0.25) is 0 Å². The third-order valence-corrected chi connectivity index (χ3v) is 6.06. The molecule has 0 atom stereocenters. The fourth-order valence-corrected chi connectivity index (χ4v) is 4.09. The number of ether oxygens (including phenoxy) is 1. The SMILES string of the molecule is Cc1cc(Nc2ncnc3ccc(C#CC4CCNCC4)cc23)ccc1Oc1cccnc1Cl. The van der Waals surface area contributed by atoms with Gasteiger partial charge in [-0.05, 0) is 86.9 Å². The van der Waals surface area contributed by atoms with Crippen molar-refractivity contribution < 1.29 is 4.74 Å². The van der Waals surface area contributed by atoms with Gasteiger partial charge in [-0.25, -0.2) is 15.0 Å². The Labute approximate surface area is 203 Å². The molecule has 0 bridgehead atoms. The minimum absolute atomic E-state index is 0.329. The summed E-state index contributed by atoms with van der Waals surface area (Å²) in [6, 6.07) is 15.5. The normalized spacial score (nSPS) is 13.8. The predicted octanol–water partition coefficient (Wildman–Crippen LogP) is 5.87. The number of benzene rings is 2. The van der Waals surface area contributed by atoms with Gasteiger partial charge in [-0.2, -0.15) is 0 Å². The van der Waals surface area contributed by atoms with E-state index in [9.17, 15) is 0 Å². The summed E-state index contributed by atoms with van der Waals surface area (Å²) in [7, 11) is 0. The van der Waals surface area contributed by atoms with Gasteiger partial charge in [0, 0.05) is 28.8 Å². The van der Waals surface area contributed by atoms with Gasteiger partial charge >= 0.3 is 0 Å². The lowest BCUT2D eigenvalue weighted by Gasteiger charge is -2.17. The number of nitrogens with zero attached hydrogens (tertiary/aromatic N) is 3. The first-order valence-corrected chi connectivity index (χ1v) is 11.7. The van der Waals surface area contributed by atoms with Crippen LogP contribution in [0.4, 0.5) is 11.5 Å². The molecule has 1 fully saturated rings. The largest absolute Gasteiger partial charge is 0.454 e. The highest BCUT2D eigenvalue weighted by Crippen LogP contribution is 2.32. The Bertz CT molecular complexity index is 1390. The van der Waals surface area contributed by atoms with Crippen LogP contribution in [0.2, 0.25) is 5.15 Å². The average molecular weight is 470 g/mol. The summed E-state index contributed by atoms with van der Waals surface area (Å²) in [5.74, 6) is 9.20. The molecular formula is C27H24ClN5O. The lowest BCUT2D eigenvalue weighted by Crippen LogP contribution is -2.26. The molecule has 1 saturated heterocycles. The number of hydrogen-bond donors (Lipinski definition) is 2. The zero-order valence-corrected chi connectivity index (χ0v) is 19.6. The summed E-state index contributed by atoms with van der Waals surface area (Å²) < 4.78 is 5.94. The van der Waals surface area contributed by atoms with Crippen molar-refractivity contribution in [1.29, 1.82) is 0 Å². The number of aromatic nitrogens is 3. The van der Waals surface area contributed by atoms with Gasteiger partial charge in [-0.15, -0.1) is 0 Å². The summed E-state index contributed by atoms with van der Waals surface area (Å²) in [5.41, 5.74) is 3.69. The molecule has 0 aliphatic carbocycles. The van der Waals surface area contributed by atoms with Gasteiger partial charge in [0.25, 0.3) is 0 Å². The third-order valence-electron chi connectivity index (χ3n) is 5.78. The van der Waals surface area contributed by atoms with Crippen LogP contribution in [0.25, 0.3) is 10.9 Å². The fourth-order valence-electron chi connectivity index (χ4n) is 3.93. The molecule has 0 spiro atoms. The monoisotopic (exact) mass is 469 g/mol. The second-order valence-corrected chi connectivity index (χ2v) is 8.61. The minimum atomic E-state index is 0.329. The molecule has 34 heavy (non-hydrogen) atoms. The molecule has 6 nitrogen and oxygen atoms in total. The molecule has 2 aromatic carbocycles. The number of rotatable bonds is 4. The predicted molar refractivity (Wildman–Crippen MR) is 136 cm³/mol. The molecule has 2 N–H and O–H groups in total. The number of nitrogens with one attached hydrogen (secondary N) is 2. The topological polar surface area (TPSA) is 72.0 Å². The molecule has 5 rings (SSSR count). The Hall–Kier alpha value is -3.66. The van der Waals surface area contributed by atoms with Crippen LogP contribution in [-0.2, 0) is 0 Å². The van der Waals surface area contributed by atoms with E-state index in [4.69, 9.17) is 16.3 Å². The number of anilines is 2. The second kappa shape index (κ2) is 10.1. The van der Waals surface area contributed by atoms with E-state index in [0.717, 1.165) is 59.5 Å². The zero-order chi connectivity index (χ0) is 23.3. The molecule has 1 aliphatic heterocycles. The average Bonchev–Trinajstić information content (AvgIpc) is 2.86. The smallest absolute Gasteiger partial charge is 0.171 e. The van der Waals surface area contributed by atoms with E-state index in [1.807, 2.05) is 37.3 Å². The van der Waals surface area contributed by atoms with Crippen LogP contribution in [-0.4, -0.2) is 28.0 Å². The first-order chi connectivity index (χ1) is 16.7. The van der Waals surface area contributed by atoms with Crippen LogP contribution in [0.15, 0.2) is 61.1 Å². The maximum Gasteiger partial charge on any atom is 0.171 e. The molecule has 4 aromatic rings. The molecule has 0 unspecified atom stereocenters. The number of fused-ring (bicyclic) bond motifs is 1. The van der Waals surface area contributed by atoms with Crippen LogP contribution < -0.4 is 15.4 Å². The number of aryl methyl sites for hydroxylation is 1. The van der Waals surface area contributed by atoms with Crippen molar-refractivity contribution in [3.8, 4) is 23.3 Å². The van der Waals surface area contributed by atoms with Crippen LogP contribution >= 0.6 is 11.6 Å². The Morgan fingerprint density at radius 3 is 2.74 bits per heavy atom. The number of piperidine rings is 1. The summed E-state index contributed by atoms with van der Waals surface area (Å²) >= 11 is 6.12. The van der Waals surface area contributed by atoms with Crippen LogP contribution in [0.1, 0.15) is 24.0 Å². The van der Waals surface area contributed by atoms with E-state index in [1.54, 1.807) is 24.7 Å². The Balaban J connectivity index is 1.38. The zero-order valence-electron chi connectivity index (χ0n) is 18.8. The van der Waals surface area contributed by atoms with E-state index in [0.29, 0.717) is 22.6 Å². The summed E-state index contributed by atoms with van der Waals surface area (Å²) in [6.45, 7) is 4.06. The highest BCUT2D eigenvalue weighted by Gasteiger charge is 2.11. The Morgan fingerprint density at radius 1 is 1.03 bits per heavy atom. The van der Waals surface area contributed by atoms with Gasteiger partial charge < -0.3 is 15.4 Å². The van der Waals surface area contributed by atoms with Crippen molar-refractivity contribution >= 4 is 34.0 Å². The maximum atomic E-state index is 6.12. The van der Waals surface area contributed by atoms with E-state index < -0.39 is 0 Å². The molecule has 7 heteroatoms. The van der Waals surface area contributed by atoms with E-state index in [-0.39, 0.29) is 0 Å². The fraction of sp³-hybridized carbons (Fsp3) is 0.222. The van der Waals surface area contributed by atoms with Gasteiger partial charge in [-0.1, -0.05) is 23.4 Å². The first kappa shape index (κ1) is 22.1. The number of pyridine rings is 1. The standard InChI is InChI=1S/C27H24ClN5O/c1-18-15-21(7-9-24(18)34-25-3-2-12-30-26(25)28)33-27-22-16-20(6-8-23(22)31-17-32-27)5-4-19-10-13-29-14-11-19/h2-3,6-9,12,15-17,19,29H,10-11,13-14H2,1H3,(H,31,32,33). The van der Waals surface area contributed by atoms with Crippen molar-refractivity contribution in [2.45, 2.75) is 19.8 Å². The van der Waals surface area contributed by atoms with Crippen LogP contribution in [0.3, 0.4) is 0 Å². The molecule has 0 radical (unpaired) electrons. The Morgan fingerprint density at radius 2 is 1.91 bits per heavy atom. The first-order valence-electron chi connectivity index (χ1n) is 11.3. The van der Waals surface area contributed by atoms with Crippen molar-refractivity contribution in [3.63, 3.8) is 0 Å². The summed E-state index contributed by atoms with van der Waals surface area (Å²) in [5, 5.41) is 8.06. The lowest BCUT2D eigenvalue weighted by atomic mass is 9.98. The van der Waals surface area contributed by atoms with Gasteiger partial charge in [0.05, 0.1) is 5.52 Å². The molecule has 0 saturated carbocycles. The summed E-state index contributed by atoms with van der Waals surface area (Å²) in [4.78, 5) is 13.0. The van der Waals surface area contributed by atoms with Gasteiger partial charge in [0.15, 0.2) is 10.9 Å².